The molecule has 0 fully saturated rings. The van der Waals surface area contributed by atoms with Crippen molar-refractivity contribution in [1.29, 1.82) is 0 Å². The predicted molar refractivity (Wildman–Crippen MR) is 53.2 cm³/mol. The summed E-state index contributed by atoms with van der Waals surface area (Å²) in [7, 11) is 0. The minimum absolute atomic E-state index is 0.183. The van der Waals surface area contributed by atoms with Gasteiger partial charge in [0.15, 0.2) is 11.4 Å². The molecule has 0 aliphatic heterocycles. The van der Waals surface area contributed by atoms with Gasteiger partial charge in [0.1, 0.15) is 0 Å². The molecule has 0 aromatic carbocycles. The van der Waals surface area contributed by atoms with E-state index in [2.05, 4.69) is 11.8 Å². The number of ketones is 1. The molecule has 0 saturated carbocycles. The van der Waals surface area contributed by atoms with Crippen LogP contribution in [0.4, 0.5) is 0 Å². The number of hydrogen-bond acceptors (Lipinski definition) is 2. The summed E-state index contributed by atoms with van der Waals surface area (Å²) in [4.78, 5) is 11.3. The van der Waals surface area contributed by atoms with Crippen molar-refractivity contribution in [2.24, 2.45) is 5.92 Å². The molecule has 13 heavy (non-hydrogen) atoms. The zero-order valence-corrected chi connectivity index (χ0v) is 8.85. The largest absolute Gasteiger partial charge is 0.371 e. The van der Waals surface area contributed by atoms with Gasteiger partial charge >= 0.3 is 0 Å². The molecule has 0 saturated heterocycles. The Balaban J connectivity index is 4.67. The van der Waals surface area contributed by atoms with Crippen molar-refractivity contribution >= 4 is 5.78 Å². The molecule has 0 aromatic rings. The van der Waals surface area contributed by atoms with Crippen LogP contribution >= 0.6 is 0 Å². The summed E-state index contributed by atoms with van der Waals surface area (Å²) in [6.45, 7) is 7.36. The molecule has 0 rings (SSSR count). The molecule has 1 N–H and O–H groups in total. The lowest BCUT2D eigenvalue weighted by Crippen LogP contribution is -2.35. The Kier molecular flexibility index (Phi) is 4.72. The van der Waals surface area contributed by atoms with Crippen molar-refractivity contribution in [3.05, 3.63) is 0 Å². The highest BCUT2D eigenvalue weighted by molar-refractivity contribution is 5.90. The highest BCUT2D eigenvalue weighted by Gasteiger charge is 2.29. The van der Waals surface area contributed by atoms with Crippen LogP contribution in [0.1, 0.15) is 40.5 Å². The van der Waals surface area contributed by atoms with E-state index in [9.17, 15) is 9.90 Å². The first-order valence-electron chi connectivity index (χ1n) is 4.74. The number of carbonyl (C=O) groups excluding carboxylic acids is 1. The first-order valence-corrected chi connectivity index (χ1v) is 4.74. The third-order valence-corrected chi connectivity index (χ3v) is 1.86. The van der Waals surface area contributed by atoms with E-state index in [-0.39, 0.29) is 11.7 Å². The van der Waals surface area contributed by atoms with E-state index in [0.717, 1.165) is 0 Å². The molecule has 2 heteroatoms. The third-order valence-electron chi connectivity index (χ3n) is 1.86. The molecule has 1 atom stereocenters. The second kappa shape index (κ2) is 5.04. The monoisotopic (exact) mass is 182 g/mol. The zero-order chi connectivity index (χ0) is 10.5. The smallest absolute Gasteiger partial charge is 0.183 e. The zero-order valence-electron chi connectivity index (χ0n) is 8.85. The Hall–Kier alpha value is -0.810. The van der Waals surface area contributed by atoms with Gasteiger partial charge in [0.2, 0.25) is 0 Å². The maximum atomic E-state index is 11.3. The molecule has 2 nitrogen and oxygen atoms in total. The van der Waals surface area contributed by atoms with Crippen LogP contribution in [0.15, 0.2) is 0 Å². The summed E-state index contributed by atoms with van der Waals surface area (Å²) in [6.07, 6.45) is 0.691. The number of rotatable bonds is 3. The van der Waals surface area contributed by atoms with Crippen LogP contribution in [0.25, 0.3) is 0 Å². The van der Waals surface area contributed by atoms with Gasteiger partial charge in [-0.05, 0) is 6.42 Å². The topological polar surface area (TPSA) is 37.3 Å². The van der Waals surface area contributed by atoms with Gasteiger partial charge in [-0.1, -0.05) is 39.5 Å². The first kappa shape index (κ1) is 12.2. The van der Waals surface area contributed by atoms with Gasteiger partial charge in [-0.3, -0.25) is 4.79 Å². The molecular formula is C11H18O2. The normalized spacial score (nSPS) is 14.6. The highest BCUT2D eigenvalue weighted by atomic mass is 16.3. The molecule has 1 unspecified atom stereocenters. The Morgan fingerprint density at radius 1 is 1.46 bits per heavy atom. The van der Waals surface area contributed by atoms with E-state index in [1.807, 2.05) is 13.8 Å². The van der Waals surface area contributed by atoms with Crippen molar-refractivity contribution < 1.29 is 9.90 Å². The number of carbonyl (C=O) groups is 1. The molecule has 0 aliphatic rings. The standard InChI is InChI=1S/C11H18O2/c1-5-10(12)11(13,6-2)8-7-9(3)4/h9,13H,5-6H2,1-4H3. The van der Waals surface area contributed by atoms with E-state index in [1.165, 1.54) is 0 Å². The summed E-state index contributed by atoms with van der Waals surface area (Å²) in [5, 5.41) is 9.81. The van der Waals surface area contributed by atoms with E-state index >= 15 is 0 Å². The molecule has 0 aliphatic carbocycles. The summed E-state index contributed by atoms with van der Waals surface area (Å²) < 4.78 is 0. The Morgan fingerprint density at radius 2 is 2.00 bits per heavy atom. The van der Waals surface area contributed by atoms with Crippen LogP contribution < -0.4 is 0 Å². The summed E-state index contributed by atoms with van der Waals surface area (Å²) in [5.41, 5.74) is -1.42. The molecule has 0 heterocycles. The lowest BCUT2D eigenvalue weighted by molar-refractivity contribution is -0.132. The average Bonchev–Trinajstić information content (AvgIpc) is 2.12. The van der Waals surface area contributed by atoms with Crippen LogP contribution in [0, 0.1) is 17.8 Å². The molecule has 0 radical (unpaired) electrons. The maximum absolute atomic E-state index is 11.3. The Bertz CT molecular complexity index is 232. The molecule has 0 aromatic heterocycles. The van der Waals surface area contributed by atoms with Gasteiger partial charge in [-0.15, -0.1) is 0 Å². The second-order valence-electron chi connectivity index (χ2n) is 3.41. The maximum Gasteiger partial charge on any atom is 0.183 e. The fourth-order valence-corrected chi connectivity index (χ4v) is 0.911. The van der Waals surface area contributed by atoms with E-state index < -0.39 is 5.60 Å². The minimum atomic E-state index is -1.42. The predicted octanol–water partition coefficient (Wildman–Crippen LogP) is 1.77. The molecule has 0 amide bonds. The van der Waals surface area contributed by atoms with Gasteiger partial charge in [-0.2, -0.15) is 0 Å². The molecular weight excluding hydrogens is 164 g/mol. The van der Waals surface area contributed by atoms with E-state index in [0.29, 0.717) is 12.8 Å². The molecule has 0 spiro atoms. The van der Waals surface area contributed by atoms with Gasteiger partial charge in [-0.25, -0.2) is 0 Å². The second-order valence-corrected chi connectivity index (χ2v) is 3.41. The number of aliphatic hydroxyl groups is 1. The van der Waals surface area contributed by atoms with Crippen LogP contribution in [0.5, 0.6) is 0 Å². The third kappa shape index (κ3) is 3.61. The number of Topliss-reactive ketones (excluding diaryl/α,β-unsaturated/α-hetero) is 1. The van der Waals surface area contributed by atoms with Crippen LogP contribution in [0.2, 0.25) is 0 Å². The SMILES string of the molecule is CCC(=O)C(O)(C#CC(C)C)CC. The summed E-state index contributed by atoms with van der Waals surface area (Å²) in [6, 6.07) is 0. The lowest BCUT2D eigenvalue weighted by Gasteiger charge is -2.17. The van der Waals surface area contributed by atoms with E-state index in [4.69, 9.17) is 0 Å². The van der Waals surface area contributed by atoms with Gasteiger partial charge < -0.3 is 5.11 Å². The van der Waals surface area contributed by atoms with Gasteiger partial charge in [0.25, 0.3) is 0 Å². The Labute approximate surface area is 80.3 Å². The molecule has 0 bridgehead atoms. The average molecular weight is 182 g/mol. The number of hydrogen-bond donors (Lipinski definition) is 1. The van der Waals surface area contributed by atoms with Crippen LogP contribution in [-0.2, 0) is 4.79 Å². The fraction of sp³-hybridized carbons (Fsp3) is 0.727. The first-order chi connectivity index (χ1) is 5.96. The van der Waals surface area contributed by atoms with Crippen molar-refractivity contribution in [3.63, 3.8) is 0 Å². The van der Waals surface area contributed by atoms with Crippen molar-refractivity contribution in [1.82, 2.24) is 0 Å². The lowest BCUT2D eigenvalue weighted by atomic mass is 9.93. The Morgan fingerprint density at radius 3 is 2.31 bits per heavy atom. The molecule has 74 valence electrons. The van der Waals surface area contributed by atoms with Crippen LogP contribution in [-0.4, -0.2) is 16.5 Å². The van der Waals surface area contributed by atoms with Gasteiger partial charge in [0.05, 0.1) is 0 Å². The fourth-order valence-electron chi connectivity index (χ4n) is 0.911. The summed E-state index contributed by atoms with van der Waals surface area (Å²) >= 11 is 0. The van der Waals surface area contributed by atoms with Crippen molar-refractivity contribution in [2.75, 3.05) is 0 Å². The summed E-state index contributed by atoms with van der Waals surface area (Å²) in [5.74, 6) is 5.47. The van der Waals surface area contributed by atoms with Crippen molar-refractivity contribution in [3.8, 4) is 11.8 Å². The van der Waals surface area contributed by atoms with Gasteiger partial charge in [0, 0.05) is 12.3 Å². The van der Waals surface area contributed by atoms with E-state index in [1.54, 1.807) is 13.8 Å². The quantitative estimate of drug-likeness (QED) is 0.675. The highest BCUT2D eigenvalue weighted by Crippen LogP contribution is 2.12. The van der Waals surface area contributed by atoms with Crippen LogP contribution in [0.3, 0.4) is 0 Å². The van der Waals surface area contributed by atoms with Crippen molar-refractivity contribution in [2.45, 2.75) is 46.1 Å². The minimum Gasteiger partial charge on any atom is -0.371 e.